The molecule has 1 aromatic carbocycles. The van der Waals surface area contributed by atoms with Gasteiger partial charge >= 0.3 is 142 Å². The van der Waals surface area contributed by atoms with Crippen molar-refractivity contribution in [1.29, 1.82) is 0 Å². The van der Waals surface area contributed by atoms with Crippen molar-refractivity contribution < 1.29 is 26.2 Å². The first-order valence-electron chi connectivity index (χ1n) is 6.12. The summed E-state index contributed by atoms with van der Waals surface area (Å²) in [5.41, 5.74) is 0.343. The number of carbonyl (C=O) groups excluding carboxylic acids is 1. The molecule has 0 fully saturated rings. The fourth-order valence-corrected chi connectivity index (χ4v) is 8.28. The number of hydrogen-bond donors (Lipinski definition) is 1. The van der Waals surface area contributed by atoms with Gasteiger partial charge in [-0.3, -0.25) is 0 Å². The molecule has 0 saturated heterocycles. The molecule has 122 valence electrons. The van der Waals surface area contributed by atoms with Gasteiger partial charge in [-0.25, -0.2) is 0 Å². The van der Waals surface area contributed by atoms with Crippen LogP contribution in [-0.4, -0.2) is 56.9 Å². The van der Waals surface area contributed by atoms with E-state index in [0.29, 0.717) is 5.56 Å². The molecule has 0 heterocycles. The Bertz CT molecular complexity index is 755. The number of carbonyl (C=O) groups is 1. The van der Waals surface area contributed by atoms with Gasteiger partial charge in [-0.2, -0.15) is 0 Å². The van der Waals surface area contributed by atoms with Crippen LogP contribution in [0.15, 0.2) is 30.3 Å². The van der Waals surface area contributed by atoms with Gasteiger partial charge in [0.05, 0.1) is 0 Å². The average Bonchev–Trinajstić information content (AvgIpc) is 2.45. The van der Waals surface area contributed by atoms with Crippen molar-refractivity contribution in [2.75, 3.05) is 5.75 Å². The number of sulfone groups is 1. The van der Waals surface area contributed by atoms with Crippen LogP contribution < -0.4 is 0 Å². The zero-order chi connectivity index (χ0) is 17.0. The second-order valence-electron chi connectivity index (χ2n) is 4.42. The van der Waals surface area contributed by atoms with Crippen molar-refractivity contribution in [2.24, 2.45) is 0 Å². The molecule has 0 bridgehead atoms. The van der Waals surface area contributed by atoms with Crippen molar-refractivity contribution >= 4 is 56.7 Å². The van der Waals surface area contributed by atoms with Gasteiger partial charge in [-0.15, -0.1) is 0 Å². The number of thiocarbonyl (C=S) groups is 1. The first kappa shape index (κ1) is 19.4. The van der Waals surface area contributed by atoms with Gasteiger partial charge in [0.1, 0.15) is 0 Å². The third-order valence-corrected chi connectivity index (χ3v) is 10.2. The van der Waals surface area contributed by atoms with E-state index in [1.165, 1.54) is 6.92 Å². The van der Waals surface area contributed by atoms with Gasteiger partial charge in [0.2, 0.25) is 0 Å². The van der Waals surface area contributed by atoms with Crippen molar-refractivity contribution in [3.05, 3.63) is 35.9 Å². The van der Waals surface area contributed by atoms with Gasteiger partial charge in [0.15, 0.2) is 0 Å². The van der Waals surface area contributed by atoms with Crippen LogP contribution in [0, 0.1) is 0 Å². The van der Waals surface area contributed by atoms with E-state index >= 15 is 0 Å². The Morgan fingerprint density at radius 3 is 2.27 bits per heavy atom. The SMILES string of the molecule is CC(C(=O)[AsH]CCS(=O)(=O)O)S(=O)(=O)C(=S)c1ccccc1. The molecule has 1 N–H and O–H groups in total. The zero-order valence-electron chi connectivity index (χ0n) is 11.6. The van der Waals surface area contributed by atoms with Crippen LogP contribution >= 0.6 is 12.2 Å². The maximum atomic E-state index is 12.3. The molecule has 22 heavy (non-hydrogen) atoms. The molecule has 0 aliphatic heterocycles. The predicted octanol–water partition coefficient (Wildman–Crippen LogP) is 0.435. The van der Waals surface area contributed by atoms with E-state index in [-0.39, 0.29) is 9.41 Å². The number of benzene rings is 1. The van der Waals surface area contributed by atoms with Gasteiger partial charge in [-0.05, 0) is 0 Å². The third-order valence-electron chi connectivity index (χ3n) is 2.76. The van der Waals surface area contributed by atoms with E-state index in [1.807, 2.05) is 0 Å². The van der Waals surface area contributed by atoms with Crippen LogP contribution in [0.3, 0.4) is 0 Å². The topological polar surface area (TPSA) is 106 Å². The Balaban J connectivity index is 2.80. The molecule has 2 unspecified atom stereocenters. The van der Waals surface area contributed by atoms with E-state index < -0.39 is 51.3 Å². The molecular formula is C12H15AsO6S3. The first-order chi connectivity index (χ1) is 10.1. The van der Waals surface area contributed by atoms with Crippen molar-refractivity contribution in [1.82, 2.24) is 0 Å². The summed E-state index contributed by atoms with van der Waals surface area (Å²) >= 11 is 3.50. The van der Waals surface area contributed by atoms with E-state index in [0.717, 1.165) is 0 Å². The van der Waals surface area contributed by atoms with E-state index in [4.69, 9.17) is 16.8 Å². The van der Waals surface area contributed by atoms with E-state index in [9.17, 15) is 21.6 Å². The molecular weight excluding hydrogens is 411 g/mol. The summed E-state index contributed by atoms with van der Waals surface area (Å²) in [5, 5.41) is -1.32. The quantitative estimate of drug-likeness (QED) is 0.383. The number of hydrogen-bond acceptors (Lipinski definition) is 6. The first-order valence-corrected chi connectivity index (χ1v) is 12.2. The predicted molar refractivity (Wildman–Crippen MR) is 89.9 cm³/mol. The third kappa shape index (κ3) is 5.55. The van der Waals surface area contributed by atoms with Crippen molar-refractivity contribution in [3.8, 4) is 0 Å². The van der Waals surface area contributed by atoms with Crippen LogP contribution in [0.5, 0.6) is 0 Å². The van der Waals surface area contributed by atoms with Crippen LogP contribution in [-0.2, 0) is 24.7 Å². The fraction of sp³-hybridized carbons (Fsp3) is 0.333. The van der Waals surface area contributed by atoms with Crippen LogP contribution in [0.25, 0.3) is 0 Å². The summed E-state index contributed by atoms with van der Waals surface area (Å²) < 4.78 is 53.6. The molecule has 0 aliphatic rings. The molecule has 2 atom stereocenters. The van der Waals surface area contributed by atoms with Gasteiger partial charge < -0.3 is 0 Å². The standard InChI is InChI=1S/C12H15AsO6S3/c1-9(11(14)13-7-8-21(15,16)17)22(18,19)12(20)10-5-3-2-4-6-10/h2-6,9,13H,7-8H2,1H3,(H,15,16,17). The summed E-state index contributed by atoms with van der Waals surface area (Å²) in [4.78, 5) is 12.0. The Morgan fingerprint density at radius 2 is 1.77 bits per heavy atom. The molecule has 0 spiro atoms. The molecule has 1 rings (SSSR count). The van der Waals surface area contributed by atoms with Gasteiger partial charge in [-0.1, -0.05) is 0 Å². The van der Waals surface area contributed by atoms with Crippen LogP contribution in [0.4, 0.5) is 0 Å². The molecule has 10 heteroatoms. The summed E-state index contributed by atoms with van der Waals surface area (Å²) in [6, 6.07) is 8.10. The Hall–Kier alpha value is -0.602. The summed E-state index contributed by atoms with van der Waals surface area (Å²) in [6.07, 6.45) is 0. The van der Waals surface area contributed by atoms with E-state index in [2.05, 4.69) is 0 Å². The monoisotopic (exact) mass is 426 g/mol. The van der Waals surface area contributed by atoms with Gasteiger partial charge in [0.25, 0.3) is 0 Å². The van der Waals surface area contributed by atoms with E-state index in [1.54, 1.807) is 30.3 Å². The summed E-state index contributed by atoms with van der Waals surface area (Å²) in [6.45, 7) is 1.25. The average molecular weight is 426 g/mol. The number of rotatable bonds is 7. The minimum absolute atomic E-state index is 0.0182. The molecule has 0 radical (unpaired) electrons. The maximum absolute atomic E-state index is 12.3. The summed E-state index contributed by atoms with van der Waals surface area (Å²) in [7, 11) is -8.09. The second-order valence-corrected chi connectivity index (χ2v) is 11.7. The Morgan fingerprint density at radius 1 is 1.23 bits per heavy atom. The zero-order valence-corrected chi connectivity index (χ0v) is 16.1. The van der Waals surface area contributed by atoms with Crippen molar-refractivity contribution in [3.63, 3.8) is 0 Å². The molecule has 0 aliphatic carbocycles. The fourth-order valence-electron chi connectivity index (χ4n) is 1.49. The molecule has 1 aromatic rings. The minimum atomic E-state index is -4.14. The molecule has 0 amide bonds. The Kier molecular flexibility index (Phi) is 6.88. The van der Waals surface area contributed by atoms with Crippen molar-refractivity contribution in [2.45, 2.75) is 17.4 Å². The second kappa shape index (κ2) is 7.79. The molecule has 0 saturated carbocycles. The van der Waals surface area contributed by atoms with Crippen LogP contribution in [0.2, 0.25) is 5.21 Å². The molecule has 6 nitrogen and oxygen atoms in total. The normalized spacial score (nSPS) is 14.1. The van der Waals surface area contributed by atoms with Crippen LogP contribution in [0.1, 0.15) is 12.5 Å². The summed E-state index contributed by atoms with van der Waals surface area (Å²) in [5.74, 6) is -0.533. The molecule has 0 aromatic heterocycles. The van der Waals surface area contributed by atoms with Gasteiger partial charge in [0, 0.05) is 0 Å². The Labute approximate surface area is 141 Å².